The maximum Gasteiger partial charge on any atom is 0.422 e. The Labute approximate surface area is 153 Å². The Balaban J connectivity index is 1.76. The summed E-state index contributed by atoms with van der Waals surface area (Å²) in [7, 11) is 2.92. The quantitative estimate of drug-likeness (QED) is 0.514. The van der Waals surface area contributed by atoms with Crippen molar-refractivity contribution in [1.82, 2.24) is 24.2 Å². The molecule has 8 nitrogen and oxygen atoms in total. The predicted molar refractivity (Wildman–Crippen MR) is 89.7 cm³/mol. The highest BCUT2D eigenvalue weighted by Crippen LogP contribution is 2.31. The van der Waals surface area contributed by atoms with E-state index in [9.17, 15) is 13.2 Å². The third-order valence-electron chi connectivity index (χ3n) is 3.60. The van der Waals surface area contributed by atoms with Crippen molar-refractivity contribution in [1.29, 1.82) is 0 Å². The van der Waals surface area contributed by atoms with Gasteiger partial charge >= 0.3 is 6.18 Å². The van der Waals surface area contributed by atoms with Gasteiger partial charge in [0.05, 0.1) is 26.6 Å². The Morgan fingerprint density at radius 1 is 1.04 bits per heavy atom. The van der Waals surface area contributed by atoms with Crippen LogP contribution in [0.3, 0.4) is 0 Å². The Morgan fingerprint density at radius 3 is 2.52 bits per heavy atom. The van der Waals surface area contributed by atoms with Gasteiger partial charge in [-0.1, -0.05) is 0 Å². The summed E-state index contributed by atoms with van der Waals surface area (Å²) >= 11 is 1.25. The van der Waals surface area contributed by atoms with Crippen molar-refractivity contribution >= 4 is 21.8 Å². The van der Waals surface area contributed by atoms with Gasteiger partial charge in [-0.25, -0.2) is 14.0 Å². The monoisotopic (exact) mass is 399 g/mol. The number of rotatable bonds is 5. The van der Waals surface area contributed by atoms with Gasteiger partial charge in [-0.2, -0.15) is 18.3 Å². The van der Waals surface area contributed by atoms with Crippen molar-refractivity contribution in [3.05, 3.63) is 24.5 Å². The van der Waals surface area contributed by atoms with Crippen LogP contribution in [-0.4, -0.2) is 51.2 Å². The second-order valence-corrected chi connectivity index (χ2v) is 6.35. The summed E-state index contributed by atoms with van der Waals surface area (Å²) in [6, 6.07) is 2.97. The molecule has 0 unspecified atom stereocenters. The zero-order chi connectivity index (χ0) is 19.2. The predicted octanol–water partition coefficient (Wildman–Crippen LogP) is 3.06. The van der Waals surface area contributed by atoms with Crippen LogP contribution < -0.4 is 14.2 Å². The van der Waals surface area contributed by atoms with Crippen LogP contribution >= 0.6 is 11.3 Å². The summed E-state index contributed by atoms with van der Waals surface area (Å²) in [4.78, 5) is 5.02. The molecule has 0 amide bonds. The molecule has 0 saturated heterocycles. The van der Waals surface area contributed by atoms with E-state index in [0.717, 1.165) is 0 Å². The van der Waals surface area contributed by atoms with Gasteiger partial charge in [0.1, 0.15) is 28.4 Å². The molecule has 0 aliphatic rings. The second-order valence-electron chi connectivity index (χ2n) is 5.43. The van der Waals surface area contributed by atoms with E-state index in [1.807, 2.05) is 0 Å². The molecule has 4 heterocycles. The zero-order valence-electron chi connectivity index (χ0n) is 14.0. The van der Waals surface area contributed by atoms with Gasteiger partial charge in [0.2, 0.25) is 4.96 Å². The minimum absolute atomic E-state index is 0.00578. The van der Waals surface area contributed by atoms with Crippen LogP contribution in [0.1, 0.15) is 0 Å². The van der Waals surface area contributed by atoms with Crippen molar-refractivity contribution in [2.45, 2.75) is 6.18 Å². The minimum atomic E-state index is -4.46. The van der Waals surface area contributed by atoms with Gasteiger partial charge < -0.3 is 14.2 Å². The number of imidazole rings is 1. The summed E-state index contributed by atoms with van der Waals surface area (Å²) < 4.78 is 55.6. The second kappa shape index (κ2) is 6.30. The highest BCUT2D eigenvalue weighted by atomic mass is 32.1. The molecule has 4 aromatic heterocycles. The molecule has 0 radical (unpaired) electrons. The van der Waals surface area contributed by atoms with Crippen LogP contribution in [0.5, 0.6) is 16.7 Å². The Kier molecular flexibility index (Phi) is 4.06. The number of hydrogen-bond donors (Lipinski definition) is 0. The standard InChI is InChI=1S/C15H12F3N5O3S/c1-24-8-3-12(26-7-15(16,17)18)11-4-9(20-22(11)5-8)10-6-23-13(19-10)27-14(21-23)25-2/h3-6H,7H2,1-2H3. The average molecular weight is 399 g/mol. The van der Waals surface area contributed by atoms with E-state index in [4.69, 9.17) is 14.2 Å². The molecule has 27 heavy (non-hydrogen) atoms. The number of halogens is 3. The van der Waals surface area contributed by atoms with Crippen LogP contribution in [0.25, 0.3) is 21.9 Å². The van der Waals surface area contributed by atoms with Crippen molar-refractivity contribution in [3.8, 4) is 28.1 Å². The summed E-state index contributed by atoms with van der Waals surface area (Å²) in [6.07, 6.45) is -1.26. The lowest BCUT2D eigenvalue weighted by atomic mass is 10.3. The minimum Gasteiger partial charge on any atom is -0.495 e. The van der Waals surface area contributed by atoms with Crippen LogP contribution in [0, 0.1) is 0 Å². The molecule has 0 N–H and O–H groups in total. The fourth-order valence-corrected chi connectivity index (χ4v) is 3.14. The highest BCUT2D eigenvalue weighted by Gasteiger charge is 2.29. The lowest BCUT2D eigenvalue weighted by Crippen LogP contribution is -2.19. The normalized spacial score (nSPS) is 12.0. The van der Waals surface area contributed by atoms with Crippen molar-refractivity contribution in [2.24, 2.45) is 0 Å². The first kappa shape index (κ1) is 17.4. The molecule has 4 rings (SSSR count). The first-order valence-corrected chi connectivity index (χ1v) is 8.35. The lowest BCUT2D eigenvalue weighted by Gasteiger charge is -2.11. The molecule has 12 heteroatoms. The number of aromatic nitrogens is 5. The van der Waals surface area contributed by atoms with Crippen LogP contribution in [-0.2, 0) is 0 Å². The van der Waals surface area contributed by atoms with Gasteiger partial charge in [0.15, 0.2) is 6.61 Å². The summed E-state index contributed by atoms with van der Waals surface area (Å²) in [5.41, 5.74) is 1.33. The van der Waals surface area contributed by atoms with Gasteiger partial charge in [-0.3, -0.25) is 0 Å². The van der Waals surface area contributed by atoms with Gasteiger partial charge in [0, 0.05) is 6.07 Å². The molecule has 0 aliphatic heterocycles. The van der Waals surface area contributed by atoms with Crippen LogP contribution in [0.4, 0.5) is 13.2 Å². The summed E-state index contributed by atoms with van der Waals surface area (Å²) in [5.74, 6) is 0.317. The fraction of sp³-hybridized carbons (Fsp3) is 0.267. The Hall–Kier alpha value is -3.02. The molecular formula is C15H12F3N5O3S. The SMILES string of the molecule is COc1cc(OCC(F)(F)F)c2cc(-c3cn4nc(OC)sc4n3)nn2c1. The lowest BCUT2D eigenvalue weighted by molar-refractivity contribution is -0.153. The highest BCUT2D eigenvalue weighted by molar-refractivity contribution is 7.18. The molecule has 0 bridgehead atoms. The van der Waals surface area contributed by atoms with Crippen molar-refractivity contribution in [2.75, 3.05) is 20.8 Å². The molecule has 0 atom stereocenters. The molecule has 0 fully saturated rings. The molecule has 142 valence electrons. The maximum atomic E-state index is 12.5. The van der Waals surface area contributed by atoms with Crippen LogP contribution in [0.15, 0.2) is 24.5 Å². The van der Waals surface area contributed by atoms with Crippen molar-refractivity contribution in [3.63, 3.8) is 0 Å². The van der Waals surface area contributed by atoms with E-state index in [0.29, 0.717) is 32.8 Å². The number of ether oxygens (including phenoxy) is 3. The molecular weight excluding hydrogens is 387 g/mol. The number of alkyl halides is 3. The fourth-order valence-electron chi connectivity index (χ4n) is 2.44. The van der Waals surface area contributed by atoms with E-state index in [-0.39, 0.29) is 5.75 Å². The molecule has 0 spiro atoms. The summed E-state index contributed by atoms with van der Waals surface area (Å²) in [5, 5.41) is 9.00. The van der Waals surface area contributed by atoms with Gasteiger partial charge in [0.25, 0.3) is 5.19 Å². The van der Waals surface area contributed by atoms with Gasteiger partial charge in [-0.15, -0.1) is 5.10 Å². The molecule has 0 saturated carbocycles. The van der Waals surface area contributed by atoms with Gasteiger partial charge in [-0.05, 0) is 17.4 Å². The number of pyridine rings is 1. The van der Waals surface area contributed by atoms with E-state index in [1.54, 1.807) is 23.0 Å². The van der Waals surface area contributed by atoms with E-state index < -0.39 is 12.8 Å². The molecule has 0 aromatic carbocycles. The average Bonchev–Trinajstić information content (AvgIpc) is 3.30. The number of hydrogen-bond acceptors (Lipinski definition) is 7. The molecule has 0 aliphatic carbocycles. The first-order valence-electron chi connectivity index (χ1n) is 7.54. The number of nitrogens with zero attached hydrogens (tertiary/aromatic N) is 5. The smallest absolute Gasteiger partial charge is 0.422 e. The molecule has 4 aromatic rings. The third kappa shape index (κ3) is 3.35. The Bertz CT molecular complexity index is 1090. The van der Waals surface area contributed by atoms with E-state index in [2.05, 4.69) is 15.2 Å². The van der Waals surface area contributed by atoms with Crippen molar-refractivity contribution < 1.29 is 27.4 Å². The van der Waals surface area contributed by atoms with Crippen LogP contribution in [0.2, 0.25) is 0 Å². The zero-order valence-corrected chi connectivity index (χ0v) is 14.8. The largest absolute Gasteiger partial charge is 0.495 e. The number of fused-ring (bicyclic) bond motifs is 2. The topological polar surface area (TPSA) is 75.2 Å². The van der Waals surface area contributed by atoms with E-state index >= 15 is 0 Å². The third-order valence-corrected chi connectivity index (χ3v) is 4.48. The van der Waals surface area contributed by atoms with E-state index in [1.165, 1.54) is 36.1 Å². The Morgan fingerprint density at radius 2 is 1.85 bits per heavy atom. The maximum absolute atomic E-state index is 12.5. The number of methoxy groups -OCH3 is 2. The summed E-state index contributed by atoms with van der Waals surface area (Å²) in [6.45, 7) is -1.42. The first-order chi connectivity index (χ1) is 12.9.